The van der Waals surface area contributed by atoms with E-state index in [2.05, 4.69) is 36.9 Å². The molecule has 52 heavy (non-hydrogen) atoms. The van der Waals surface area contributed by atoms with Crippen molar-refractivity contribution in [2.45, 2.75) is 75.8 Å². The van der Waals surface area contributed by atoms with Crippen LogP contribution in [-0.4, -0.2) is 118 Å². The van der Waals surface area contributed by atoms with Crippen LogP contribution in [0.25, 0.3) is 0 Å². The smallest absolute Gasteiger partial charge is 0.305 e. The van der Waals surface area contributed by atoms with E-state index in [0.717, 1.165) is 4.90 Å². The van der Waals surface area contributed by atoms with Gasteiger partial charge in [0.05, 0.1) is 25.8 Å². The normalized spacial score (nSPS) is 21.4. The van der Waals surface area contributed by atoms with Crippen molar-refractivity contribution in [3.05, 3.63) is 35.4 Å². The standard InChI is InChI=1S/C31H42N10O11/c32-31(33)34-9-1-2-18-27(49)37-14-24(44)39-19(11-26(47)48)28(50)36-13-21-29(51)40-20(10-23(43)38-18)30(52)41(21)15-17-5-3-16(4-6-17)12-35-22(42)7-8-25(45)46/h3-6,18-21H,1-2,7-15H2,(H,35,42)(H,36,50)(H,37,49)(H,38,43)(H,39,44)(H,40,51)(H,45,46)(H,47,48)(H4,32,33,34)/t18-,19-,20+,21-/m0/s1. The van der Waals surface area contributed by atoms with Crippen molar-refractivity contribution in [1.82, 2.24) is 36.8 Å². The number of guanidine groups is 1. The molecule has 21 nitrogen and oxygen atoms in total. The molecule has 0 aromatic heterocycles. The molecule has 3 aliphatic rings. The van der Waals surface area contributed by atoms with Crippen LogP contribution < -0.4 is 43.4 Å². The van der Waals surface area contributed by atoms with E-state index < -0.39 is 103 Å². The molecule has 12 N–H and O–H groups in total. The van der Waals surface area contributed by atoms with Gasteiger partial charge in [-0.2, -0.15) is 0 Å². The van der Waals surface area contributed by atoms with E-state index in [1.165, 1.54) is 0 Å². The number of piperazine rings is 1. The molecule has 0 spiro atoms. The first kappa shape index (κ1) is 40.2. The SMILES string of the molecule is NC(N)=NCCC[C@@H]1NC(=O)C[C@H]2NC(=O)[C@H](CNC(=O)[C@H](CC(=O)O)NC(=O)CNC1=O)N(Cc1ccc(CNC(=O)CCC(=O)O)cc1)C2=O. The van der Waals surface area contributed by atoms with Gasteiger partial charge in [0, 0.05) is 32.6 Å². The molecule has 4 atom stereocenters. The van der Waals surface area contributed by atoms with Gasteiger partial charge in [-0.05, 0) is 24.0 Å². The number of benzene rings is 1. The molecule has 3 fully saturated rings. The lowest BCUT2D eigenvalue weighted by Crippen LogP contribution is -2.66. The monoisotopic (exact) mass is 730 g/mol. The summed E-state index contributed by atoms with van der Waals surface area (Å²) in [6.45, 7) is -1.14. The maximum atomic E-state index is 13.8. The summed E-state index contributed by atoms with van der Waals surface area (Å²) in [5.74, 6) is -8.10. The number of carboxylic acid groups (broad SMARTS) is 2. The average molecular weight is 731 g/mol. The first-order chi connectivity index (χ1) is 24.6. The first-order valence-corrected chi connectivity index (χ1v) is 16.2. The Balaban J connectivity index is 1.87. The molecule has 1 aromatic carbocycles. The number of hydrogen-bond donors (Lipinski definition) is 10. The summed E-state index contributed by atoms with van der Waals surface area (Å²) in [5, 5.41) is 32.7. The number of nitrogens with two attached hydrogens (primary N) is 2. The quantitative estimate of drug-likeness (QED) is 0.0396. The average Bonchev–Trinajstić information content (AvgIpc) is 3.08. The number of fused-ring (bicyclic) bond motifs is 14. The highest BCUT2D eigenvalue weighted by molar-refractivity contribution is 6.00. The summed E-state index contributed by atoms with van der Waals surface area (Å²) in [6.07, 6.45) is -1.71. The van der Waals surface area contributed by atoms with E-state index in [1.807, 2.05) is 0 Å². The Hall–Kier alpha value is -6.28. The second kappa shape index (κ2) is 19.2. The maximum absolute atomic E-state index is 13.8. The molecule has 0 radical (unpaired) electrons. The Labute approximate surface area is 296 Å². The van der Waals surface area contributed by atoms with Crippen LogP contribution in [0.3, 0.4) is 0 Å². The van der Waals surface area contributed by atoms with Gasteiger partial charge in [-0.1, -0.05) is 24.3 Å². The van der Waals surface area contributed by atoms with Gasteiger partial charge in [-0.3, -0.25) is 48.1 Å². The molecule has 3 heterocycles. The first-order valence-electron chi connectivity index (χ1n) is 16.2. The molecule has 7 amide bonds. The van der Waals surface area contributed by atoms with E-state index in [4.69, 9.17) is 16.6 Å². The van der Waals surface area contributed by atoms with E-state index in [1.54, 1.807) is 24.3 Å². The number of amides is 7. The fourth-order valence-corrected chi connectivity index (χ4v) is 5.27. The van der Waals surface area contributed by atoms with E-state index >= 15 is 0 Å². The zero-order valence-corrected chi connectivity index (χ0v) is 28.0. The zero-order valence-electron chi connectivity index (χ0n) is 28.0. The number of aliphatic carboxylic acids is 2. The highest BCUT2D eigenvalue weighted by Gasteiger charge is 2.42. The molecule has 0 aliphatic carbocycles. The molecule has 0 saturated carbocycles. The van der Waals surface area contributed by atoms with Gasteiger partial charge >= 0.3 is 11.9 Å². The lowest BCUT2D eigenvalue weighted by molar-refractivity contribution is -0.151. The summed E-state index contributed by atoms with van der Waals surface area (Å²) < 4.78 is 0. The van der Waals surface area contributed by atoms with Gasteiger partial charge in [0.25, 0.3) is 0 Å². The Morgan fingerprint density at radius 1 is 0.827 bits per heavy atom. The summed E-state index contributed by atoms with van der Waals surface area (Å²) in [5.41, 5.74) is 11.8. The van der Waals surface area contributed by atoms with Crippen molar-refractivity contribution in [2.75, 3.05) is 19.6 Å². The Morgan fingerprint density at radius 3 is 2.13 bits per heavy atom. The van der Waals surface area contributed by atoms with Gasteiger partial charge in [0.15, 0.2) is 5.96 Å². The third-order valence-electron chi connectivity index (χ3n) is 7.92. The number of nitrogens with one attached hydrogen (secondary N) is 6. The summed E-state index contributed by atoms with van der Waals surface area (Å²) in [6, 6.07) is 0.973. The Kier molecular flexibility index (Phi) is 14.8. The van der Waals surface area contributed by atoms with Crippen molar-refractivity contribution < 1.29 is 53.4 Å². The van der Waals surface area contributed by atoms with Crippen molar-refractivity contribution >= 4 is 59.2 Å². The predicted octanol–water partition coefficient (Wildman–Crippen LogP) is -4.50. The fraction of sp³-hybridized carbons (Fsp3) is 0.484. The van der Waals surface area contributed by atoms with Gasteiger partial charge in [0.1, 0.15) is 24.2 Å². The van der Waals surface area contributed by atoms with Crippen LogP contribution in [0.15, 0.2) is 29.3 Å². The molecule has 3 saturated heterocycles. The summed E-state index contributed by atoms with van der Waals surface area (Å²) in [4.78, 5) is 118. The number of hydrogen-bond acceptors (Lipinski definition) is 10. The molecular weight excluding hydrogens is 688 g/mol. The number of aliphatic imine (C=N–C) groups is 1. The third-order valence-corrected chi connectivity index (χ3v) is 7.92. The predicted molar refractivity (Wildman–Crippen MR) is 178 cm³/mol. The van der Waals surface area contributed by atoms with Crippen LogP contribution in [0, 0.1) is 0 Å². The number of rotatable bonds is 13. The number of carbonyl (C=O) groups is 9. The van der Waals surface area contributed by atoms with Gasteiger partial charge in [-0.25, -0.2) is 0 Å². The number of carboxylic acids is 2. The molecule has 0 unspecified atom stereocenters. The van der Waals surface area contributed by atoms with Crippen molar-refractivity contribution in [1.29, 1.82) is 0 Å². The second-order valence-electron chi connectivity index (χ2n) is 12.0. The van der Waals surface area contributed by atoms with Crippen molar-refractivity contribution in [3.8, 4) is 0 Å². The minimum atomic E-state index is -1.62. The van der Waals surface area contributed by atoms with Crippen LogP contribution in [0.1, 0.15) is 49.7 Å². The maximum Gasteiger partial charge on any atom is 0.305 e. The number of nitrogens with zero attached hydrogens (tertiary/aromatic N) is 2. The van der Waals surface area contributed by atoms with E-state index in [0.29, 0.717) is 11.1 Å². The fourth-order valence-electron chi connectivity index (χ4n) is 5.27. The second-order valence-corrected chi connectivity index (χ2v) is 12.0. The lowest BCUT2D eigenvalue weighted by atomic mass is 10.0. The van der Waals surface area contributed by atoms with Gasteiger partial charge < -0.3 is 58.5 Å². The molecule has 4 rings (SSSR count). The minimum Gasteiger partial charge on any atom is -0.481 e. The van der Waals surface area contributed by atoms with Crippen LogP contribution in [0.4, 0.5) is 0 Å². The van der Waals surface area contributed by atoms with Crippen molar-refractivity contribution in [3.63, 3.8) is 0 Å². The summed E-state index contributed by atoms with van der Waals surface area (Å²) in [7, 11) is 0. The topological polar surface area (TPSA) is 334 Å². The minimum absolute atomic E-state index is 0.00119. The molecule has 282 valence electrons. The van der Waals surface area contributed by atoms with E-state index in [9.17, 15) is 48.3 Å². The van der Waals surface area contributed by atoms with Crippen LogP contribution in [0.2, 0.25) is 0 Å². The lowest BCUT2D eigenvalue weighted by Gasteiger charge is -2.39. The van der Waals surface area contributed by atoms with E-state index in [-0.39, 0.29) is 51.3 Å². The van der Waals surface area contributed by atoms with Crippen LogP contribution >= 0.6 is 0 Å². The highest BCUT2D eigenvalue weighted by atomic mass is 16.4. The van der Waals surface area contributed by atoms with Crippen LogP contribution in [0.5, 0.6) is 0 Å². The molecular formula is C31H42N10O11. The largest absolute Gasteiger partial charge is 0.481 e. The van der Waals surface area contributed by atoms with Gasteiger partial charge in [0.2, 0.25) is 41.4 Å². The Bertz CT molecular complexity index is 1580. The Morgan fingerprint density at radius 2 is 1.48 bits per heavy atom. The van der Waals surface area contributed by atoms with Gasteiger partial charge in [-0.15, -0.1) is 0 Å². The zero-order chi connectivity index (χ0) is 38.4. The highest BCUT2D eigenvalue weighted by Crippen LogP contribution is 2.18. The third kappa shape index (κ3) is 12.9. The molecule has 2 bridgehead atoms. The van der Waals surface area contributed by atoms with Crippen molar-refractivity contribution in [2.24, 2.45) is 16.5 Å². The molecule has 21 heteroatoms. The number of carbonyl (C=O) groups excluding carboxylic acids is 7. The van der Waals surface area contributed by atoms with Crippen LogP contribution in [-0.2, 0) is 56.2 Å². The summed E-state index contributed by atoms with van der Waals surface area (Å²) >= 11 is 0. The molecule has 3 aliphatic heterocycles. The molecule has 1 aromatic rings.